The van der Waals surface area contributed by atoms with Crippen LogP contribution in [0.4, 0.5) is 22.0 Å². The topological polar surface area (TPSA) is 86.2 Å². The number of sulfonamides is 1. The summed E-state index contributed by atoms with van der Waals surface area (Å²) in [4.78, 5) is -0.885. The fraction of sp³-hybridized carbons (Fsp3) is 0.118. The molecule has 1 aromatic heterocycles. The Balaban J connectivity index is 2.28. The van der Waals surface area contributed by atoms with Crippen molar-refractivity contribution in [1.29, 1.82) is 0 Å². The van der Waals surface area contributed by atoms with E-state index < -0.39 is 49.7 Å². The lowest BCUT2D eigenvalue weighted by Gasteiger charge is -2.09. The number of nitrogens with zero attached hydrogens (tertiary/aromatic N) is 1. The molecule has 148 valence electrons. The zero-order valence-electron chi connectivity index (χ0n) is 14.0. The van der Waals surface area contributed by atoms with Crippen LogP contribution in [0, 0.1) is 18.6 Å². The summed E-state index contributed by atoms with van der Waals surface area (Å²) in [7, 11) is -4.42. The molecule has 1 heterocycles. The molecule has 3 aromatic rings. The average Bonchev–Trinajstić information content (AvgIpc) is 3.01. The third-order valence-electron chi connectivity index (χ3n) is 3.92. The highest BCUT2D eigenvalue weighted by Gasteiger charge is 2.40. The molecule has 11 heteroatoms. The number of halogens is 5. The van der Waals surface area contributed by atoms with Crippen molar-refractivity contribution >= 4 is 10.0 Å². The molecule has 0 unspecified atom stereocenters. The van der Waals surface area contributed by atoms with Crippen LogP contribution >= 0.6 is 0 Å². The molecule has 0 atom stereocenters. The van der Waals surface area contributed by atoms with E-state index in [1.165, 1.54) is 19.1 Å². The van der Waals surface area contributed by atoms with E-state index in [9.17, 15) is 30.4 Å². The second-order valence-corrected chi connectivity index (χ2v) is 7.42. The zero-order valence-corrected chi connectivity index (χ0v) is 14.8. The number of hydrogen-bond donors (Lipinski definition) is 1. The maximum atomic E-state index is 14.2. The molecule has 0 aliphatic heterocycles. The first-order chi connectivity index (χ1) is 12.9. The van der Waals surface area contributed by atoms with Crippen LogP contribution in [0.25, 0.3) is 22.5 Å². The number of aromatic nitrogens is 1. The Bertz CT molecular complexity index is 1170. The van der Waals surface area contributed by atoms with Crippen molar-refractivity contribution in [1.82, 2.24) is 5.16 Å². The molecular weight excluding hydrogens is 407 g/mol. The van der Waals surface area contributed by atoms with Crippen molar-refractivity contribution in [3.8, 4) is 22.5 Å². The Kier molecular flexibility index (Phi) is 4.76. The highest BCUT2D eigenvalue weighted by Crippen LogP contribution is 2.43. The first kappa shape index (κ1) is 20.0. The van der Waals surface area contributed by atoms with Crippen LogP contribution < -0.4 is 5.14 Å². The average molecular weight is 418 g/mol. The second kappa shape index (κ2) is 6.67. The van der Waals surface area contributed by atoms with Crippen molar-refractivity contribution in [2.24, 2.45) is 5.14 Å². The number of primary sulfonamides is 1. The number of aryl methyl sites for hydroxylation is 1. The number of nitrogens with two attached hydrogens (primary N) is 1. The molecule has 28 heavy (non-hydrogen) atoms. The normalized spacial score (nSPS) is 12.4. The van der Waals surface area contributed by atoms with Gasteiger partial charge in [-0.25, -0.2) is 22.3 Å². The molecule has 0 saturated carbocycles. The van der Waals surface area contributed by atoms with Crippen molar-refractivity contribution < 1.29 is 34.9 Å². The van der Waals surface area contributed by atoms with Gasteiger partial charge in [-0.05, 0) is 36.2 Å². The molecule has 0 saturated heterocycles. The van der Waals surface area contributed by atoms with E-state index in [4.69, 9.17) is 9.66 Å². The Labute approximate surface area is 155 Å². The molecule has 0 spiro atoms. The number of benzene rings is 2. The van der Waals surface area contributed by atoms with Crippen LogP contribution in [0.5, 0.6) is 0 Å². The van der Waals surface area contributed by atoms with Gasteiger partial charge < -0.3 is 4.52 Å². The molecule has 5 nitrogen and oxygen atoms in total. The Morgan fingerprint density at radius 2 is 1.61 bits per heavy atom. The van der Waals surface area contributed by atoms with Crippen LogP contribution in [-0.2, 0) is 16.2 Å². The van der Waals surface area contributed by atoms with E-state index in [2.05, 4.69) is 5.16 Å². The Morgan fingerprint density at radius 3 is 2.14 bits per heavy atom. The molecule has 0 radical (unpaired) electrons. The zero-order chi connectivity index (χ0) is 20.9. The van der Waals surface area contributed by atoms with Gasteiger partial charge in [-0.2, -0.15) is 13.2 Å². The van der Waals surface area contributed by atoms with Crippen molar-refractivity contribution in [2.45, 2.75) is 18.0 Å². The van der Waals surface area contributed by atoms with Crippen LogP contribution in [0.1, 0.15) is 11.3 Å². The summed E-state index contributed by atoms with van der Waals surface area (Å²) in [6.45, 7) is 1.46. The van der Waals surface area contributed by atoms with Crippen LogP contribution in [0.3, 0.4) is 0 Å². The second-order valence-electron chi connectivity index (χ2n) is 5.89. The fourth-order valence-corrected chi connectivity index (χ4v) is 3.16. The van der Waals surface area contributed by atoms with Crippen LogP contribution in [-0.4, -0.2) is 13.6 Å². The van der Waals surface area contributed by atoms with Gasteiger partial charge in [-0.3, -0.25) is 0 Å². The largest absolute Gasteiger partial charge is 0.437 e. The summed E-state index contributed by atoms with van der Waals surface area (Å²) in [6, 6.07) is 5.82. The molecule has 0 amide bonds. The van der Waals surface area contributed by atoms with Gasteiger partial charge in [-0.15, -0.1) is 0 Å². The maximum absolute atomic E-state index is 14.2. The fourth-order valence-electron chi connectivity index (χ4n) is 2.57. The van der Waals surface area contributed by atoms with Gasteiger partial charge in [0.25, 0.3) is 0 Å². The summed E-state index contributed by atoms with van der Waals surface area (Å²) in [5.74, 6) is -2.49. The summed E-state index contributed by atoms with van der Waals surface area (Å²) < 4.78 is 95.6. The van der Waals surface area contributed by atoms with Gasteiger partial charge in [-0.1, -0.05) is 23.4 Å². The van der Waals surface area contributed by atoms with Gasteiger partial charge in [0.15, 0.2) is 11.5 Å². The molecule has 0 fully saturated rings. The molecule has 3 rings (SSSR count). The molecule has 2 N–H and O–H groups in total. The Hall–Kier alpha value is -2.79. The van der Waals surface area contributed by atoms with Gasteiger partial charge in [0.2, 0.25) is 10.0 Å². The smallest absolute Gasteiger partial charge is 0.355 e. The first-order valence-electron chi connectivity index (χ1n) is 7.55. The first-order valence-corrected chi connectivity index (χ1v) is 9.10. The van der Waals surface area contributed by atoms with Crippen molar-refractivity contribution in [2.75, 3.05) is 0 Å². The lowest BCUT2D eigenvalue weighted by atomic mass is 9.98. The predicted octanol–water partition coefficient (Wildman–Crippen LogP) is 4.26. The lowest BCUT2D eigenvalue weighted by molar-refractivity contribution is -0.142. The summed E-state index contributed by atoms with van der Waals surface area (Å²) in [5.41, 5.74) is -2.29. The molecule has 0 aliphatic carbocycles. The summed E-state index contributed by atoms with van der Waals surface area (Å²) in [5, 5.41) is 7.86. The van der Waals surface area contributed by atoms with Gasteiger partial charge in [0, 0.05) is 5.56 Å². The van der Waals surface area contributed by atoms with Crippen molar-refractivity contribution in [3.05, 3.63) is 59.3 Å². The highest BCUT2D eigenvalue weighted by atomic mass is 32.2. The van der Waals surface area contributed by atoms with E-state index >= 15 is 0 Å². The quantitative estimate of drug-likeness (QED) is 0.644. The van der Waals surface area contributed by atoms with E-state index in [0.29, 0.717) is 6.07 Å². The number of rotatable bonds is 3. The van der Waals surface area contributed by atoms with E-state index in [1.807, 2.05) is 0 Å². The lowest BCUT2D eigenvalue weighted by Crippen LogP contribution is -2.14. The van der Waals surface area contributed by atoms with Gasteiger partial charge in [0.1, 0.15) is 16.5 Å². The minimum absolute atomic E-state index is 0.0583. The number of hydrogen-bond acceptors (Lipinski definition) is 4. The molecular formula is C17H11F5N2O3S. The standard InChI is InChI=1S/C17H11F5N2O3S/c1-8-2-3-10(7-11(8)18)15-14(16(24-27-15)17(20,21)22)9-4-5-13(12(19)6-9)28(23,25)26/h2-7H,1H3,(H2,23,25,26). The van der Waals surface area contributed by atoms with E-state index in [0.717, 1.165) is 18.2 Å². The van der Waals surface area contributed by atoms with E-state index in [1.54, 1.807) is 0 Å². The third kappa shape index (κ3) is 3.62. The van der Waals surface area contributed by atoms with Crippen LogP contribution in [0.2, 0.25) is 0 Å². The highest BCUT2D eigenvalue weighted by molar-refractivity contribution is 7.89. The number of alkyl halides is 3. The molecule has 2 aromatic carbocycles. The van der Waals surface area contributed by atoms with E-state index in [-0.39, 0.29) is 16.7 Å². The van der Waals surface area contributed by atoms with Crippen molar-refractivity contribution in [3.63, 3.8) is 0 Å². The molecule has 0 bridgehead atoms. The third-order valence-corrected chi connectivity index (χ3v) is 4.87. The Morgan fingerprint density at radius 1 is 1.00 bits per heavy atom. The van der Waals surface area contributed by atoms with Gasteiger partial charge in [0.05, 0.1) is 5.56 Å². The predicted molar refractivity (Wildman–Crippen MR) is 88.4 cm³/mol. The monoisotopic (exact) mass is 418 g/mol. The SMILES string of the molecule is Cc1ccc(-c2onc(C(F)(F)F)c2-c2ccc(S(N)(=O)=O)c(F)c2)cc1F. The van der Waals surface area contributed by atoms with Gasteiger partial charge >= 0.3 is 6.18 Å². The van der Waals surface area contributed by atoms with Crippen LogP contribution in [0.15, 0.2) is 45.8 Å². The summed E-state index contributed by atoms with van der Waals surface area (Å²) >= 11 is 0. The minimum atomic E-state index is -4.96. The minimum Gasteiger partial charge on any atom is -0.355 e. The molecule has 0 aliphatic rings. The summed E-state index contributed by atoms with van der Waals surface area (Å²) in [6.07, 6.45) is -4.96. The maximum Gasteiger partial charge on any atom is 0.437 e.